The average molecular weight is 195 g/mol. The van der Waals surface area contributed by atoms with E-state index in [4.69, 9.17) is 5.73 Å². The van der Waals surface area contributed by atoms with E-state index in [0.717, 1.165) is 0 Å². The molecule has 0 saturated carbocycles. The van der Waals surface area contributed by atoms with Gasteiger partial charge in [-0.15, -0.1) is 0 Å². The highest BCUT2D eigenvalue weighted by molar-refractivity contribution is 5.94. The highest BCUT2D eigenvalue weighted by Crippen LogP contribution is 2.11. The second kappa shape index (κ2) is 3.92. The number of hydrogen-bond donors (Lipinski definition) is 1. The number of nitrogens with two attached hydrogens (primary N) is 1. The SMILES string of the molecule is Cn1nccc1C(=O)CCC(C)(C)N. The van der Waals surface area contributed by atoms with Crippen molar-refractivity contribution in [2.24, 2.45) is 12.8 Å². The molecule has 0 fully saturated rings. The Morgan fingerprint density at radius 2 is 2.29 bits per heavy atom. The third-order valence-electron chi connectivity index (χ3n) is 2.10. The fourth-order valence-corrected chi connectivity index (χ4v) is 1.21. The molecule has 1 heterocycles. The van der Waals surface area contributed by atoms with Crippen LogP contribution in [0.5, 0.6) is 0 Å². The summed E-state index contributed by atoms with van der Waals surface area (Å²) in [4.78, 5) is 11.7. The largest absolute Gasteiger partial charge is 0.326 e. The van der Waals surface area contributed by atoms with Crippen LogP contribution in [0, 0.1) is 0 Å². The van der Waals surface area contributed by atoms with Crippen molar-refractivity contribution >= 4 is 5.78 Å². The second-order valence-corrected chi connectivity index (χ2v) is 4.25. The first kappa shape index (κ1) is 10.9. The highest BCUT2D eigenvalue weighted by Gasteiger charge is 2.15. The maximum absolute atomic E-state index is 11.7. The normalized spacial score (nSPS) is 11.7. The predicted molar refractivity (Wildman–Crippen MR) is 55.0 cm³/mol. The standard InChI is InChI=1S/C10H17N3O/c1-10(2,11)6-4-9(14)8-5-7-12-13(8)3/h5,7H,4,6,11H2,1-3H3. The predicted octanol–water partition coefficient (Wildman–Crippen LogP) is 1.12. The minimum Gasteiger partial charge on any atom is -0.326 e. The van der Waals surface area contributed by atoms with Gasteiger partial charge in [-0.2, -0.15) is 5.10 Å². The van der Waals surface area contributed by atoms with E-state index in [1.54, 1.807) is 24.0 Å². The van der Waals surface area contributed by atoms with E-state index in [0.29, 0.717) is 18.5 Å². The van der Waals surface area contributed by atoms with Crippen LogP contribution in [0.25, 0.3) is 0 Å². The maximum Gasteiger partial charge on any atom is 0.180 e. The number of nitrogens with zero attached hydrogens (tertiary/aromatic N) is 2. The molecule has 4 heteroatoms. The molecule has 1 aromatic rings. The molecule has 0 saturated heterocycles. The van der Waals surface area contributed by atoms with Crippen molar-refractivity contribution in [3.8, 4) is 0 Å². The van der Waals surface area contributed by atoms with Gasteiger partial charge in [0.15, 0.2) is 5.78 Å². The monoisotopic (exact) mass is 195 g/mol. The Morgan fingerprint density at radius 1 is 1.64 bits per heavy atom. The van der Waals surface area contributed by atoms with Crippen molar-refractivity contribution in [1.29, 1.82) is 0 Å². The Bertz CT molecular complexity index is 322. The summed E-state index contributed by atoms with van der Waals surface area (Å²) in [6.45, 7) is 3.84. The van der Waals surface area contributed by atoms with Crippen LogP contribution in [-0.4, -0.2) is 21.1 Å². The number of rotatable bonds is 4. The van der Waals surface area contributed by atoms with Crippen LogP contribution in [0.4, 0.5) is 0 Å². The smallest absolute Gasteiger partial charge is 0.180 e. The van der Waals surface area contributed by atoms with E-state index in [1.807, 2.05) is 13.8 Å². The molecular formula is C10H17N3O. The quantitative estimate of drug-likeness (QED) is 0.732. The molecule has 0 aromatic carbocycles. The van der Waals surface area contributed by atoms with Gasteiger partial charge in [0.05, 0.1) is 0 Å². The molecule has 0 aliphatic carbocycles. The van der Waals surface area contributed by atoms with Gasteiger partial charge in [0.1, 0.15) is 5.69 Å². The Hall–Kier alpha value is -1.16. The van der Waals surface area contributed by atoms with Gasteiger partial charge < -0.3 is 5.73 Å². The molecule has 0 amide bonds. The lowest BCUT2D eigenvalue weighted by Gasteiger charge is -2.17. The molecule has 0 aliphatic rings. The van der Waals surface area contributed by atoms with Gasteiger partial charge in [0.25, 0.3) is 0 Å². The first-order valence-electron chi connectivity index (χ1n) is 4.70. The summed E-state index contributed by atoms with van der Waals surface area (Å²) in [6.07, 6.45) is 2.79. The molecule has 0 spiro atoms. The zero-order valence-corrected chi connectivity index (χ0v) is 8.95. The van der Waals surface area contributed by atoms with E-state index >= 15 is 0 Å². The molecule has 0 radical (unpaired) electrons. The first-order chi connectivity index (χ1) is 6.40. The van der Waals surface area contributed by atoms with Gasteiger partial charge in [-0.3, -0.25) is 9.48 Å². The lowest BCUT2D eigenvalue weighted by atomic mass is 9.97. The minimum atomic E-state index is -0.283. The summed E-state index contributed by atoms with van der Waals surface area (Å²) >= 11 is 0. The van der Waals surface area contributed by atoms with E-state index < -0.39 is 0 Å². The summed E-state index contributed by atoms with van der Waals surface area (Å²) in [7, 11) is 1.76. The van der Waals surface area contributed by atoms with Gasteiger partial charge >= 0.3 is 0 Å². The number of hydrogen-bond acceptors (Lipinski definition) is 3. The third kappa shape index (κ3) is 2.96. The topological polar surface area (TPSA) is 60.9 Å². The molecule has 2 N–H and O–H groups in total. The minimum absolute atomic E-state index is 0.100. The van der Waals surface area contributed by atoms with Crippen molar-refractivity contribution in [2.75, 3.05) is 0 Å². The molecule has 78 valence electrons. The fourth-order valence-electron chi connectivity index (χ4n) is 1.21. The molecule has 0 unspecified atom stereocenters. The lowest BCUT2D eigenvalue weighted by Crippen LogP contribution is -2.32. The summed E-state index contributed by atoms with van der Waals surface area (Å²) in [6, 6.07) is 1.73. The number of aromatic nitrogens is 2. The molecular weight excluding hydrogens is 178 g/mol. The zero-order chi connectivity index (χ0) is 10.8. The lowest BCUT2D eigenvalue weighted by molar-refractivity contribution is 0.0963. The van der Waals surface area contributed by atoms with Crippen molar-refractivity contribution in [3.05, 3.63) is 18.0 Å². The van der Waals surface area contributed by atoms with Gasteiger partial charge in [-0.1, -0.05) is 0 Å². The number of ketones is 1. The van der Waals surface area contributed by atoms with Crippen LogP contribution in [0.15, 0.2) is 12.3 Å². The second-order valence-electron chi connectivity index (χ2n) is 4.25. The average Bonchev–Trinajstić information content (AvgIpc) is 2.46. The molecule has 0 bridgehead atoms. The van der Waals surface area contributed by atoms with E-state index in [1.165, 1.54) is 0 Å². The van der Waals surface area contributed by atoms with E-state index in [2.05, 4.69) is 5.10 Å². The molecule has 0 aliphatic heterocycles. The summed E-state index contributed by atoms with van der Waals surface area (Å²) < 4.78 is 1.59. The van der Waals surface area contributed by atoms with Crippen molar-refractivity contribution in [2.45, 2.75) is 32.2 Å². The van der Waals surface area contributed by atoms with E-state index in [9.17, 15) is 4.79 Å². The Labute approximate surface area is 84.1 Å². The third-order valence-corrected chi connectivity index (χ3v) is 2.10. The van der Waals surface area contributed by atoms with Crippen molar-refractivity contribution < 1.29 is 4.79 Å². The molecule has 1 aromatic heterocycles. The number of aryl methyl sites for hydroxylation is 1. The van der Waals surface area contributed by atoms with E-state index in [-0.39, 0.29) is 11.3 Å². The van der Waals surface area contributed by atoms with Crippen LogP contribution >= 0.6 is 0 Å². The number of carbonyl (C=O) groups excluding carboxylic acids is 1. The maximum atomic E-state index is 11.7. The van der Waals surface area contributed by atoms with Gasteiger partial charge in [-0.05, 0) is 26.3 Å². The van der Waals surface area contributed by atoms with Gasteiger partial charge in [0, 0.05) is 25.2 Å². The number of Topliss-reactive ketones (excluding diaryl/α,β-unsaturated/α-hetero) is 1. The zero-order valence-electron chi connectivity index (χ0n) is 8.95. The van der Waals surface area contributed by atoms with Crippen molar-refractivity contribution in [3.63, 3.8) is 0 Å². The summed E-state index contributed by atoms with van der Waals surface area (Å²) in [5.74, 6) is 0.100. The number of carbonyl (C=O) groups is 1. The van der Waals surface area contributed by atoms with Gasteiger partial charge in [-0.25, -0.2) is 0 Å². The van der Waals surface area contributed by atoms with Crippen LogP contribution in [0.1, 0.15) is 37.2 Å². The fraction of sp³-hybridized carbons (Fsp3) is 0.600. The Kier molecular flexibility index (Phi) is 3.06. The van der Waals surface area contributed by atoms with Crippen molar-refractivity contribution in [1.82, 2.24) is 9.78 Å². The van der Waals surface area contributed by atoms with Crippen LogP contribution in [0.3, 0.4) is 0 Å². The Balaban J connectivity index is 2.56. The molecule has 4 nitrogen and oxygen atoms in total. The highest BCUT2D eigenvalue weighted by atomic mass is 16.1. The van der Waals surface area contributed by atoms with Crippen LogP contribution in [-0.2, 0) is 7.05 Å². The first-order valence-corrected chi connectivity index (χ1v) is 4.70. The Morgan fingerprint density at radius 3 is 2.71 bits per heavy atom. The van der Waals surface area contributed by atoms with Gasteiger partial charge in [0.2, 0.25) is 0 Å². The summed E-state index contributed by atoms with van der Waals surface area (Å²) in [5.41, 5.74) is 6.16. The van der Waals surface area contributed by atoms with Crippen LogP contribution < -0.4 is 5.73 Å². The molecule has 0 atom stereocenters. The molecule has 14 heavy (non-hydrogen) atoms. The molecule has 1 rings (SSSR count). The van der Waals surface area contributed by atoms with Crippen LogP contribution in [0.2, 0.25) is 0 Å². The summed E-state index contributed by atoms with van der Waals surface area (Å²) in [5, 5.41) is 3.95.